The van der Waals surface area contributed by atoms with Crippen molar-refractivity contribution in [3.8, 4) is 5.75 Å². The van der Waals surface area contributed by atoms with Gasteiger partial charge in [0, 0.05) is 19.2 Å². The van der Waals surface area contributed by atoms with E-state index >= 15 is 0 Å². The van der Waals surface area contributed by atoms with Crippen LogP contribution in [0.1, 0.15) is 28.7 Å². The topological polar surface area (TPSA) is 58.6 Å². The molecule has 0 aromatic heterocycles. The van der Waals surface area contributed by atoms with E-state index in [1.165, 1.54) is 4.90 Å². The molecule has 2 amide bonds. The van der Waals surface area contributed by atoms with Crippen LogP contribution in [0.2, 0.25) is 0 Å². The first-order chi connectivity index (χ1) is 12.8. The van der Waals surface area contributed by atoms with Crippen LogP contribution in [0.25, 0.3) is 0 Å². The van der Waals surface area contributed by atoms with Gasteiger partial charge in [-0.2, -0.15) is 0 Å². The number of ether oxygens (including phenoxy) is 1. The standard InChI is InChI=1S/C22H28N2O3/c1-15-12-16(2)22(17(3)13-15)23-20(25)14-24(4)21(26)11-8-18-6-9-19(27-5)10-7-18/h6-7,9-10,12-13H,8,11,14H2,1-5H3,(H,23,25). The average molecular weight is 368 g/mol. The van der Waals surface area contributed by atoms with E-state index in [9.17, 15) is 9.59 Å². The first-order valence-electron chi connectivity index (χ1n) is 9.04. The first-order valence-corrected chi connectivity index (χ1v) is 9.04. The number of amides is 2. The SMILES string of the molecule is COc1ccc(CCC(=O)N(C)CC(=O)Nc2c(C)cc(C)cc2C)cc1. The molecule has 0 fully saturated rings. The van der Waals surface area contributed by atoms with Gasteiger partial charge in [-0.1, -0.05) is 29.8 Å². The average Bonchev–Trinajstić information content (AvgIpc) is 2.63. The molecular weight excluding hydrogens is 340 g/mol. The molecule has 0 saturated carbocycles. The molecule has 5 nitrogen and oxygen atoms in total. The van der Waals surface area contributed by atoms with E-state index in [2.05, 4.69) is 5.32 Å². The smallest absolute Gasteiger partial charge is 0.243 e. The van der Waals surface area contributed by atoms with Gasteiger partial charge in [0.05, 0.1) is 13.7 Å². The summed E-state index contributed by atoms with van der Waals surface area (Å²) in [4.78, 5) is 26.1. The Balaban J connectivity index is 1.87. The van der Waals surface area contributed by atoms with Crippen molar-refractivity contribution in [3.63, 3.8) is 0 Å². The van der Waals surface area contributed by atoms with Gasteiger partial charge in [0.15, 0.2) is 0 Å². The van der Waals surface area contributed by atoms with E-state index in [1.807, 2.05) is 57.2 Å². The molecule has 2 rings (SSSR count). The van der Waals surface area contributed by atoms with Gasteiger partial charge in [-0.25, -0.2) is 0 Å². The number of anilines is 1. The maximum absolute atomic E-state index is 12.3. The Bertz CT molecular complexity index is 790. The maximum atomic E-state index is 12.3. The molecule has 1 N–H and O–H groups in total. The van der Waals surface area contributed by atoms with Gasteiger partial charge in [0.1, 0.15) is 5.75 Å². The highest BCUT2D eigenvalue weighted by atomic mass is 16.5. The third kappa shape index (κ3) is 5.84. The lowest BCUT2D eigenvalue weighted by atomic mass is 10.1. The van der Waals surface area contributed by atoms with Crippen LogP contribution in [0, 0.1) is 20.8 Å². The molecule has 0 saturated heterocycles. The van der Waals surface area contributed by atoms with E-state index < -0.39 is 0 Å². The highest BCUT2D eigenvalue weighted by Crippen LogP contribution is 2.21. The van der Waals surface area contributed by atoms with Gasteiger partial charge < -0.3 is 15.0 Å². The summed E-state index contributed by atoms with van der Waals surface area (Å²) in [5.41, 5.74) is 5.09. The quantitative estimate of drug-likeness (QED) is 0.811. The Kier molecular flexibility index (Phi) is 6.99. The normalized spacial score (nSPS) is 10.4. The number of nitrogens with zero attached hydrogens (tertiary/aromatic N) is 1. The fourth-order valence-electron chi connectivity index (χ4n) is 3.09. The lowest BCUT2D eigenvalue weighted by molar-refractivity contribution is -0.133. The summed E-state index contributed by atoms with van der Waals surface area (Å²) in [5.74, 6) is 0.546. The summed E-state index contributed by atoms with van der Waals surface area (Å²) in [6.45, 7) is 6.01. The summed E-state index contributed by atoms with van der Waals surface area (Å²) >= 11 is 0. The molecule has 0 unspecified atom stereocenters. The van der Waals surface area contributed by atoms with Crippen molar-refractivity contribution in [2.45, 2.75) is 33.6 Å². The Morgan fingerprint density at radius 3 is 2.19 bits per heavy atom. The van der Waals surface area contributed by atoms with E-state index in [1.54, 1.807) is 14.2 Å². The zero-order valence-corrected chi connectivity index (χ0v) is 16.8. The maximum Gasteiger partial charge on any atom is 0.243 e. The minimum atomic E-state index is -0.189. The molecule has 144 valence electrons. The van der Waals surface area contributed by atoms with Gasteiger partial charge >= 0.3 is 0 Å². The number of benzene rings is 2. The van der Waals surface area contributed by atoms with E-state index in [0.29, 0.717) is 12.8 Å². The number of hydrogen-bond donors (Lipinski definition) is 1. The number of carbonyl (C=O) groups is 2. The summed E-state index contributed by atoms with van der Waals surface area (Å²) in [6, 6.07) is 11.7. The van der Waals surface area contributed by atoms with Crippen LogP contribution >= 0.6 is 0 Å². The summed E-state index contributed by atoms with van der Waals surface area (Å²) in [7, 11) is 3.28. The summed E-state index contributed by atoms with van der Waals surface area (Å²) in [5, 5.41) is 2.93. The van der Waals surface area contributed by atoms with Crippen molar-refractivity contribution in [2.24, 2.45) is 0 Å². The number of nitrogens with one attached hydrogen (secondary N) is 1. The monoisotopic (exact) mass is 368 g/mol. The van der Waals surface area contributed by atoms with Gasteiger partial charge in [-0.3, -0.25) is 9.59 Å². The summed E-state index contributed by atoms with van der Waals surface area (Å²) < 4.78 is 5.13. The van der Waals surface area contributed by atoms with Gasteiger partial charge in [0.25, 0.3) is 0 Å². The van der Waals surface area contributed by atoms with Crippen LogP contribution in [-0.2, 0) is 16.0 Å². The lowest BCUT2D eigenvalue weighted by Gasteiger charge is -2.18. The fraction of sp³-hybridized carbons (Fsp3) is 0.364. The van der Waals surface area contributed by atoms with Crippen molar-refractivity contribution in [2.75, 3.05) is 26.0 Å². The predicted molar refractivity (Wildman–Crippen MR) is 108 cm³/mol. The number of methoxy groups -OCH3 is 1. The molecule has 0 bridgehead atoms. The fourth-order valence-corrected chi connectivity index (χ4v) is 3.09. The van der Waals surface area contributed by atoms with Crippen LogP contribution in [-0.4, -0.2) is 37.4 Å². The number of hydrogen-bond acceptors (Lipinski definition) is 3. The molecule has 0 heterocycles. The van der Waals surface area contributed by atoms with Crippen LogP contribution in [0.3, 0.4) is 0 Å². The highest BCUT2D eigenvalue weighted by Gasteiger charge is 2.15. The second kappa shape index (κ2) is 9.21. The molecule has 0 aliphatic rings. The number of rotatable bonds is 7. The molecule has 0 spiro atoms. The van der Waals surface area contributed by atoms with Gasteiger partial charge in [0.2, 0.25) is 11.8 Å². The van der Waals surface area contributed by atoms with Gasteiger partial charge in [-0.05, 0) is 56.0 Å². The van der Waals surface area contributed by atoms with Crippen LogP contribution in [0.15, 0.2) is 36.4 Å². The molecular formula is C22H28N2O3. The van der Waals surface area contributed by atoms with Crippen LogP contribution in [0.5, 0.6) is 5.75 Å². The minimum Gasteiger partial charge on any atom is -0.497 e. The Labute approximate surface area is 161 Å². The third-order valence-corrected chi connectivity index (χ3v) is 4.53. The van der Waals surface area contributed by atoms with Crippen LogP contribution in [0.4, 0.5) is 5.69 Å². The van der Waals surface area contributed by atoms with Crippen molar-refractivity contribution >= 4 is 17.5 Å². The third-order valence-electron chi connectivity index (χ3n) is 4.53. The number of carbonyl (C=O) groups excluding carboxylic acids is 2. The van der Waals surface area contributed by atoms with Crippen molar-refractivity contribution < 1.29 is 14.3 Å². The number of aryl methyl sites for hydroxylation is 4. The lowest BCUT2D eigenvalue weighted by Crippen LogP contribution is -2.35. The Morgan fingerprint density at radius 2 is 1.63 bits per heavy atom. The molecule has 0 radical (unpaired) electrons. The largest absolute Gasteiger partial charge is 0.497 e. The Hall–Kier alpha value is -2.82. The molecule has 0 atom stereocenters. The van der Waals surface area contributed by atoms with E-state index in [0.717, 1.165) is 33.7 Å². The van der Waals surface area contributed by atoms with E-state index in [-0.39, 0.29) is 18.4 Å². The number of likely N-dealkylation sites (N-methyl/N-ethyl adjacent to an activating group) is 1. The second-order valence-electron chi connectivity index (χ2n) is 6.92. The first kappa shape index (κ1) is 20.5. The predicted octanol–water partition coefficient (Wildman–Crippen LogP) is 3.65. The molecule has 2 aromatic carbocycles. The van der Waals surface area contributed by atoms with Crippen molar-refractivity contribution in [1.29, 1.82) is 0 Å². The minimum absolute atomic E-state index is 0.0359. The molecule has 2 aromatic rings. The second-order valence-corrected chi connectivity index (χ2v) is 6.92. The molecule has 27 heavy (non-hydrogen) atoms. The van der Waals surface area contributed by atoms with Gasteiger partial charge in [-0.15, -0.1) is 0 Å². The van der Waals surface area contributed by atoms with Crippen LogP contribution < -0.4 is 10.1 Å². The molecule has 5 heteroatoms. The zero-order valence-electron chi connectivity index (χ0n) is 16.8. The highest BCUT2D eigenvalue weighted by molar-refractivity contribution is 5.95. The molecule has 0 aliphatic carbocycles. The van der Waals surface area contributed by atoms with E-state index in [4.69, 9.17) is 4.74 Å². The zero-order chi connectivity index (χ0) is 20.0. The van der Waals surface area contributed by atoms with Crippen molar-refractivity contribution in [3.05, 3.63) is 58.7 Å². The van der Waals surface area contributed by atoms with Crippen molar-refractivity contribution in [1.82, 2.24) is 4.90 Å². The molecule has 0 aliphatic heterocycles. The summed E-state index contributed by atoms with van der Waals surface area (Å²) in [6.07, 6.45) is 0.990. The Morgan fingerprint density at radius 1 is 1.04 bits per heavy atom.